The molecule has 0 aliphatic carbocycles. The molecule has 0 unspecified atom stereocenters. The maximum atomic E-state index is 13.5. The van der Waals surface area contributed by atoms with E-state index in [1.807, 2.05) is 0 Å². The Labute approximate surface area is 105 Å². The lowest BCUT2D eigenvalue weighted by Crippen LogP contribution is -2.07. The van der Waals surface area contributed by atoms with E-state index in [4.69, 9.17) is 5.73 Å². The summed E-state index contributed by atoms with van der Waals surface area (Å²) in [6, 6.07) is 5.83. The van der Waals surface area contributed by atoms with E-state index < -0.39 is 23.4 Å². The minimum Gasteiger partial charge on any atom is -0.399 e. The first-order valence-electron chi connectivity index (χ1n) is 5.21. The molecule has 0 bridgehead atoms. The number of hydrogen-bond acceptors (Lipinski definition) is 1. The molecular weight excluding hydrogens is 265 g/mol. The molecule has 0 heterocycles. The molecule has 100 valence electrons. The molecule has 2 N–H and O–H groups in total. The van der Waals surface area contributed by atoms with Crippen LogP contribution in [0.5, 0.6) is 0 Å². The monoisotopic (exact) mass is 273 g/mol. The highest BCUT2D eigenvalue weighted by atomic mass is 19.4. The van der Waals surface area contributed by atoms with E-state index in [0.29, 0.717) is 12.1 Å². The van der Waals surface area contributed by atoms with Gasteiger partial charge in [0.15, 0.2) is 0 Å². The zero-order chi connectivity index (χ0) is 14.2. The van der Waals surface area contributed by atoms with Gasteiger partial charge >= 0.3 is 6.18 Å². The first kappa shape index (κ1) is 13.3. The lowest BCUT2D eigenvalue weighted by molar-refractivity contribution is -0.139. The highest BCUT2D eigenvalue weighted by molar-refractivity contribution is 5.68. The number of rotatable bonds is 1. The maximum Gasteiger partial charge on any atom is 0.419 e. The van der Waals surface area contributed by atoms with Crippen molar-refractivity contribution in [1.82, 2.24) is 0 Å². The third-order valence-electron chi connectivity index (χ3n) is 2.58. The van der Waals surface area contributed by atoms with Crippen LogP contribution in [-0.2, 0) is 6.18 Å². The van der Waals surface area contributed by atoms with Gasteiger partial charge in [-0.1, -0.05) is 6.07 Å². The van der Waals surface area contributed by atoms with Crippen molar-refractivity contribution in [3.05, 3.63) is 53.6 Å². The fourth-order valence-electron chi connectivity index (χ4n) is 1.68. The molecule has 0 aliphatic rings. The van der Waals surface area contributed by atoms with Gasteiger partial charge in [-0.3, -0.25) is 0 Å². The van der Waals surface area contributed by atoms with Crippen LogP contribution < -0.4 is 5.73 Å². The summed E-state index contributed by atoms with van der Waals surface area (Å²) >= 11 is 0. The second kappa shape index (κ2) is 4.53. The summed E-state index contributed by atoms with van der Waals surface area (Å²) in [5, 5.41) is 0. The van der Waals surface area contributed by atoms with E-state index in [9.17, 15) is 22.0 Å². The zero-order valence-electron chi connectivity index (χ0n) is 9.43. The number of nitrogens with two attached hydrogens (primary N) is 1. The Morgan fingerprint density at radius 1 is 0.842 bits per heavy atom. The smallest absolute Gasteiger partial charge is 0.399 e. The van der Waals surface area contributed by atoms with E-state index in [1.165, 1.54) is 12.1 Å². The average molecular weight is 273 g/mol. The highest BCUT2D eigenvalue weighted by Crippen LogP contribution is 2.34. The molecule has 0 radical (unpaired) electrons. The summed E-state index contributed by atoms with van der Waals surface area (Å²) in [5.74, 6) is -2.14. The Hall–Kier alpha value is -2.11. The Bertz CT molecular complexity index is 619. The van der Waals surface area contributed by atoms with Crippen molar-refractivity contribution in [2.75, 3.05) is 5.73 Å². The van der Waals surface area contributed by atoms with E-state index in [1.54, 1.807) is 0 Å². The molecule has 19 heavy (non-hydrogen) atoms. The van der Waals surface area contributed by atoms with Gasteiger partial charge in [0.2, 0.25) is 0 Å². The van der Waals surface area contributed by atoms with Gasteiger partial charge in [0.05, 0.1) is 5.56 Å². The normalized spacial score (nSPS) is 11.6. The number of alkyl halides is 3. The topological polar surface area (TPSA) is 26.0 Å². The predicted molar refractivity (Wildman–Crippen MR) is 61.2 cm³/mol. The van der Waals surface area contributed by atoms with Crippen molar-refractivity contribution in [3.63, 3.8) is 0 Å². The van der Waals surface area contributed by atoms with Crippen LogP contribution in [0.15, 0.2) is 36.4 Å². The van der Waals surface area contributed by atoms with Crippen LogP contribution in [-0.4, -0.2) is 0 Å². The van der Waals surface area contributed by atoms with E-state index in [-0.39, 0.29) is 16.8 Å². The quantitative estimate of drug-likeness (QED) is 0.610. The molecule has 0 aliphatic heterocycles. The van der Waals surface area contributed by atoms with Crippen molar-refractivity contribution in [3.8, 4) is 11.1 Å². The van der Waals surface area contributed by atoms with Crippen molar-refractivity contribution >= 4 is 5.69 Å². The number of anilines is 1. The number of halogens is 5. The van der Waals surface area contributed by atoms with Crippen molar-refractivity contribution in [2.24, 2.45) is 0 Å². The van der Waals surface area contributed by atoms with Crippen LogP contribution in [0, 0.1) is 11.6 Å². The van der Waals surface area contributed by atoms with Gasteiger partial charge in [-0.15, -0.1) is 0 Å². The Morgan fingerprint density at radius 2 is 1.53 bits per heavy atom. The summed E-state index contributed by atoms with van der Waals surface area (Å²) < 4.78 is 64.1. The second-order valence-corrected chi connectivity index (χ2v) is 3.93. The van der Waals surface area contributed by atoms with Gasteiger partial charge in [0, 0.05) is 11.3 Å². The molecule has 2 rings (SSSR count). The fourth-order valence-corrected chi connectivity index (χ4v) is 1.68. The fraction of sp³-hybridized carbons (Fsp3) is 0.0769. The van der Waals surface area contributed by atoms with Crippen LogP contribution in [0.4, 0.5) is 27.6 Å². The van der Waals surface area contributed by atoms with Gasteiger partial charge < -0.3 is 5.73 Å². The Balaban J connectivity index is 2.54. The van der Waals surface area contributed by atoms with Crippen LogP contribution in [0.1, 0.15) is 5.56 Å². The zero-order valence-corrected chi connectivity index (χ0v) is 9.43. The molecular formula is C13H8F5N. The van der Waals surface area contributed by atoms with Gasteiger partial charge in [0.25, 0.3) is 0 Å². The lowest BCUT2D eigenvalue weighted by Gasteiger charge is -2.10. The molecule has 2 aromatic rings. The minimum atomic E-state index is -4.78. The molecule has 0 amide bonds. The van der Waals surface area contributed by atoms with Crippen LogP contribution in [0.3, 0.4) is 0 Å². The SMILES string of the molecule is Nc1ccc(F)c(-c2ccc(C(F)(F)F)c(F)c2)c1. The minimum absolute atomic E-state index is 0.00435. The van der Waals surface area contributed by atoms with Crippen molar-refractivity contribution < 1.29 is 22.0 Å². The van der Waals surface area contributed by atoms with Gasteiger partial charge in [0.1, 0.15) is 11.6 Å². The summed E-state index contributed by atoms with van der Waals surface area (Å²) in [6.45, 7) is 0. The average Bonchev–Trinajstić information content (AvgIpc) is 2.30. The van der Waals surface area contributed by atoms with E-state index in [0.717, 1.165) is 12.1 Å². The van der Waals surface area contributed by atoms with Crippen molar-refractivity contribution in [1.29, 1.82) is 0 Å². The Morgan fingerprint density at radius 3 is 2.11 bits per heavy atom. The molecule has 0 saturated heterocycles. The summed E-state index contributed by atoms with van der Waals surface area (Å²) in [5.41, 5.74) is 4.25. The molecule has 0 saturated carbocycles. The van der Waals surface area contributed by atoms with Crippen molar-refractivity contribution in [2.45, 2.75) is 6.18 Å². The van der Waals surface area contributed by atoms with Crippen LogP contribution >= 0.6 is 0 Å². The Kier molecular flexibility index (Phi) is 3.18. The molecule has 0 aromatic heterocycles. The molecule has 0 fully saturated rings. The molecule has 6 heteroatoms. The number of benzene rings is 2. The predicted octanol–water partition coefficient (Wildman–Crippen LogP) is 4.23. The first-order chi connectivity index (χ1) is 8.79. The standard InChI is InChI=1S/C13H8F5N/c14-11-4-2-8(19)6-9(11)7-1-3-10(12(15)5-7)13(16,17)18/h1-6H,19H2. The summed E-state index contributed by atoms with van der Waals surface area (Å²) in [4.78, 5) is 0. The largest absolute Gasteiger partial charge is 0.419 e. The van der Waals surface area contributed by atoms with Gasteiger partial charge in [-0.25, -0.2) is 8.78 Å². The second-order valence-electron chi connectivity index (χ2n) is 3.93. The maximum absolute atomic E-state index is 13.5. The molecule has 0 spiro atoms. The number of hydrogen-bond donors (Lipinski definition) is 1. The van der Waals surface area contributed by atoms with E-state index in [2.05, 4.69) is 0 Å². The summed E-state index contributed by atoms with van der Waals surface area (Å²) in [7, 11) is 0. The third kappa shape index (κ3) is 2.67. The summed E-state index contributed by atoms with van der Waals surface area (Å²) in [6.07, 6.45) is -4.78. The van der Waals surface area contributed by atoms with Crippen LogP contribution in [0.2, 0.25) is 0 Å². The highest BCUT2D eigenvalue weighted by Gasteiger charge is 2.34. The number of nitrogen functional groups attached to an aromatic ring is 1. The molecule has 0 atom stereocenters. The third-order valence-corrected chi connectivity index (χ3v) is 2.58. The van der Waals surface area contributed by atoms with Gasteiger partial charge in [-0.2, -0.15) is 13.2 Å². The lowest BCUT2D eigenvalue weighted by atomic mass is 10.0. The van der Waals surface area contributed by atoms with Crippen LogP contribution in [0.25, 0.3) is 11.1 Å². The van der Waals surface area contributed by atoms with Gasteiger partial charge in [-0.05, 0) is 35.9 Å². The molecule has 1 nitrogen and oxygen atoms in total. The first-order valence-corrected chi connectivity index (χ1v) is 5.21. The van der Waals surface area contributed by atoms with E-state index >= 15 is 0 Å². The molecule has 2 aromatic carbocycles.